The Bertz CT molecular complexity index is 445. The van der Waals surface area contributed by atoms with Gasteiger partial charge in [-0.3, -0.25) is 0 Å². The van der Waals surface area contributed by atoms with Gasteiger partial charge in [-0.15, -0.1) is 0 Å². The first kappa shape index (κ1) is 10.8. The SMILES string of the molecule is COCCc1cc[nH]c1-c1ccc(O)cc1. The zero-order valence-electron chi connectivity index (χ0n) is 9.23. The summed E-state index contributed by atoms with van der Waals surface area (Å²) in [5.41, 5.74) is 3.40. The highest BCUT2D eigenvalue weighted by molar-refractivity contribution is 5.64. The van der Waals surface area contributed by atoms with Crippen molar-refractivity contribution in [2.75, 3.05) is 13.7 Å². The second-order valence-corrected chi connectivity index (χ2v) is 3.67. The van der Waals surface area contributed by atoms with Gasteiger partial charge in [-0.2, -0.15) is 0 Å². The Morgan fingerprint density at radius 2 is 1.94 bits per heavy atom. The number of aromatic nitrogens is 1. The van der Waals surface area contributed by atoms with Crippen LogP contribution in [0.25, 0.3) is 11.3 Å². The summed E-state index contributed by atoms with van der Waals surface area (Å²) in [6.45, 7) is 0.711. The van der Waals surface area contributed by atoms with Gasteiger partial charge in [-0.05, 0) is 47.9 Å². The maximum atomic E-state index is 9.23. The van der Waals surface area contributed by atoms with Crippen LogP contribution in [0.2, 0.25) is 0 Å². The number of aromatic hydroxyl groups is 1. The van der Waals surface area contributed by atoms with Crippen LogP contribution in [0.5, 0.6) is 5.75 Å². The summed E-state index contributed by atoms with van der Waals surface area (Å²) in [5.74, 6) is 0.286. The van der Waals surface area contributed by atoms with Gasteiger partial charge in [0.25, 0.3) is 0 Å². The summed E-state index contributed by atoms with van der Waals surface area (Å²) in [4.78, 5) is 3.21. The molecule has 0 unspecified atom stereocenters. The molecule has 0 aliphatic rings. The molecule has 3 heteroatoms. The molecule has 1 aromatic carbocycles. The van der Waals surface area contributed by atoms with Crippen molar-refractivity contribution < 1.29 is 9.84 Å². The number of nitrogens with one attached hydrogen (secondary N) is 1. The molecule has 16 heavy (non-hydrogen) atoms. The minimum atomic E-state index is 0.286. The van der Waals surface area contributed by atoms with Gasteiger partial charge in [0, 0.05) is 19.0 Å². The number of benzene rings is 1. The largest absolute Gasteiger partial charge is 0.508 e. The van der Waals surface area contributed by atoms with Crippen LogP contribution in [0, 0.1) is 0 Å². The van der Waals surface area contributed by atoms with E-state index in [4.69, 9.17) is 4.74 Å². The Morgan fingerprint density at radius 1 is 1.19 bits per heavy atom. The first-order valence-corrected chi connectivity index (χ1v) is 5.26. The van der Waals surface area contributed by atoms with Crippen LogP contribution in [-0.2, 0) is 11.2 Å². The van der Waals surface area contributed by atoms with Crippen molar-refractivity contribution in [1.82, 2.24) is 4.98 Å². The number of methoxy groups -OCH3 is 1. The van der Waals surface area contributed by atoms with Gasteiger partial charge in [0.15, 0.2) is 0 Å². The third-order valence-corrected chi connectivity index (χ3v) is 2.56. The Labute approximate surface area is 94.7 Å². The van der Waals surface area contributed by atoms with E-state index in [1.54, 1.807) is 19.2 Å². The second-order valence-electron chi connectivity index (χ2n) is 3.67. The first-order chi connectivity index (χ1) is 7.81. The molecule has 2 aromatic rings. The molecule has 84 valence electrons. The summed E-state index contributed by atoms with van der Waals surface area (Å²) in [6, 6.07) is 9.24. The van der Waals surface area contributed by atoms with E-state index in [0.29, 0.717) is 6.61 Å². The van der Waals surface area contributed by atoms with Crippen LogP contribution in [0.4, 0.5) is 0 Å². The summed E-state index contributed by atoms with van der Waals surface area (Å²) >= 11 is 0. The van der Waals surface area contributed by atoms with Crippen LogP contribution in [0.1, 0.15) is 5.56 Å². The number of H-pyrrole nitrogens is 1. The molecule has 0 amide bonds. The minimum absolute atomic E-state index is 0.286. The Kier molecular flexibility index (Phi) is 3.27. The molecule has 0 saturated carbocycles. The molecule has 2 N–H and O–H groups in total. The fourth-order valence-electron chi connectivity index (χ4n) is 1.72. The lowest BCUT2D eigenvalue weighted by Gasteiger charge is -2.04. The third-order valence-electron chi connectivity index (χ3n) is 2.56. The smallest absolute Gasteiger partial charge is 0.115 e. The molecule has 1 aromatic heterocycles. The van der Waals surface area contributed by atoms with E-state index in [9.17, 15) is 5.11 Å². The van der Waals surface area contributed by atoms with Crippen LogP contribution < -0.4 is 0 Å². The lowest BCUT2D eigenvalue weighted by Crippen LogP contribution is -1.94. The topological polar surface area (TPSA) is 45.2 Å². The molecule has 2 rings (SSSR count). The first-order valence-electron chi connectivity index (χ1n) is 5.26. The van der Waals surface area contributed by atoms with Crippen LogP contribution >= 0.6 is 0 Å². The van der Waals surface area contributed by atoms with E-state index < -0.39 is 0 Å². The summed E-state index contributed by atoms with van der Waals surface area (Å²) in [7, 11) is 1.70. The van der Waals surface area contributed by atoms with Crippen molar-refractivity contribution in [1.29, 1.82) is 0 Å². The fourth-order valence-corrected chi connectivity index (χ4v) is 1.72. The van der Waals surface area contributed by atoms with E-state index in [2.05, 4.69) is 11.1 Å². The lowest BCUT2D eigenvalue weighted by atomic mass is 10.1. The molecule has 0 bridgehead atoms. The van der Waals surface area contributed by atoms with E-state index in [1.807, 2.05) is 18.3 Å². The molecule has 0 aliphatic heterocycles. The number of hydrogen-bond acceptors (Lipinski definition) is 2. The normalized spacial score (nSPS) is 10.6. The molecular formula is C13H15NO2. The lowest BCUT2D eigenvalue weighted by molar-refractivity contribution is 0.202. The molecule has 0 atom stereocenters. The zero-order valence-corrected chi connectivity index (χ0v) is 9.23. The number of phenolic OH excluding ortho intramolecular Hbond substituents is 1. The number of phenols is 1. The highest BCUT2D eigenvalue weighted by atomic mass is 16.5. The average molecular weight is 217 g/mol. The second kappa shape index (κ2) is 4.86. The number of rotatable bonds is 4. The van der Waals surface area contributed by atoms with Crippen molar-refractivity contribution in [2.45, 2.75) is 6.42 Å². The van der Waals surface area contributed by atoms with Crippen molar-refractivity contribution >= 4 is 0 Å². The van der Waals surface area contributed by atoms with Gasteiger partial charge in [0.1, 0.15) is 5.75 Å². The highest BCUT2D eigenvalue weighted by Gasteiger charge is 2.05. The van der Waals surface area contributed by atoms with Crippen molar-refractivity contribution in [2.24, 2.45) is 0 Å². The highest BCUT2D eigenvalue weighted by Crippen LogP contribution is 2.24. The predicted molar refractivity (Wildman–Crippen MR) is 63.5 cm³/mol. The number of ether oxygens (including phenoxy) is 1. The Morgan fingerprint density at radius 3 is 2.62 bits per heavy atom. The van der Waals surface area contributed by atoms with Gasteiger partial charge in [-0.25, -0.2) is 0 Å². The molecule has 0 aliphatic carbocycles. The maximum Gasteiger partial charge on any atom is 0.115 e. The standard InChI is InChI=1S/C13H15NO2/c1-16-9-7-11-6-8-14-13(11)10-2-4-12(15)5-3-10/h2-6,8,14-15H,7,9H2,1H3. The van der Waals surface area contributed by atoms with Gasteiger partial charge < -0.3 is 14.8 Å². The number of aromatic amines is 1. The van der Waals surface area contributed by atoms with E-state index in [-0.39, 0.29) is 5.75 Å². The van der Waals surface area contributed by atoms with E-state index >= 15 is 0 Å². The van der Waals surface area contributed by atoms with Gasteiger partial charge in [-0.1, -0.05) is 0 Å². The van der Waals surface area contributed by atoms with Crippen LogP contribution in [-0.4, -0.2) is 23.8 Å². The van der Waals surface area contributed by atoms with Gasteiger partial charge >= 0.3 is 0 Å². The van der Waals surface area contributed by atoms with Gasteiger partial charge in [0.2, 0.25) is 0 Å². The maximum absolute atomic E-state index is 9.23. The minimum Gasteiger partial charge on any atom is -0.508 e. The summed E-state index contributed by atoms with van der Waals surface area (Å²) < 4.78 is 5.07. The molecule has 0 fully saturated rings. The zero-order chi connectivity index (χ0) is 11.4. The summed E-state index contributed by atoms with van der Waals surface area (Å²) in [6.07, 6.45) is 2.81. The Balaban J connectivity index is 2.26. The third kappa shape index (κ3) is 2.25. The van der Waals surface area contributed by atoms with Crippen LogP contribution in [0.15, 0.2) is 36.5 Å². The predicted octanol–water partition coefficient (Wildman–Crippen LogP) is 2.58. The van der Waals surface area contributed by atoms with Crippen LogP contribution in [0.3, 0.4) is 0 Å². The molecule has 0 radical (unpaired) electrons. The quantitative estimate of drug-likeness (QED) is 0.826. The summed E-state index contributed by atoms with van der Waals surface area (Å²) in [5, 5.41) is 9.23. The van der Waals surface area contributed by atoms with Crippen molar-refractivity contribution in [3.05, 3.63) is 42.1 Å². The molecule has 0 saturated heterocycles. The molecule has 1 heterocycles. The van der Waals surface area contributed by atoms with E-state index in [1.165, 1.54) is 5.56 Å². The fraction of sp³-hybridized carbons (Fsp3) is 0.231. The van der Waals surface area contributed by atoms with Gasteiger partial charge in [0.05, 0.1) is 6.61 Å². The molecule has 0 spiro atoms. The Hall–Kier alpha value is -1.74. The molecular weight excluding hydrogens is 202 g/mol. The average Bonchev–Trinajstić information content (AvgIpc) is 2.75. The number of hydrogen-bond donors (Lipinski definition) is 2. The monoisotopic (exact) mass is 217 g/mol. The molecule has 3 nitrogen and oxygen atoms in total. The van der Waals surface area contributed by atoms with Crippen molar-refractivity contribution in [3.63, 3.8) is 0 Å². The van der Waals surface area contributed by atoms with Crippen molar-refractivity contribution in [3.8, 4) is 17.0 Å². The van der Waals surface area contributed by atoms with E-state index in [0.717, 1.165) is 17.7 Å².